The summed E-state index contributed by atoms with van der Waals surface area (Å²) in [7, 11) is 0. The van der Waals surface area contributed by atoms with Crippen LogP contribution in [-0.4, -0.2) is 65.1 Å². The van der Waals surface area contributed by atoms with Crippen molar-refractivity contribution in [2.45, 2.75) is 26.8 Å². The first-order valence-corrected chi connectivity index (χ1v) is 12.2. The number of hydrogen-bond acceptors (Lipinski definition) is 7. The number of rotatable bonds is 7. The molecule has 4 rings (SSSR count). The fourth-order valence-corrected chi connectivity index (χ4v) is 5.24. The van der Waals surface area contributed by atoms with Crippen molar-refractivity contribution in [3.05, 3.63) is 68.6 Å². The maximum absolute atomic E-state index is 12.8. The fraction of sp³-hybridized carbons (Fsp3) is 0.400. The number of H-pyrrole nitrogens is 1. The zero-order valence-corrected chi connectivity index (χ0v) is 20.2. The van der Waals surface area contributed by atoms with Gasteiger partial charge in [0.2, 0.25) is 0 Å². The van der Waals surface area contributed by atoms with E-state index in [4.69, 9.17) is 9.72 Å². The molecule has 2 aromatic heterocycles. The van der Waals surface area contributed by atoms with Crippen molar-refractivity contribution >= 4 is 33.6 Å². The Kier molecular flexibility index (Phi) is 7.37. The first-order valence-electron chi connectivity index (χ1n) is 11.4. The summed E-state index contributed by atoms with van der Waals surface area (Å²) in [6.07, 6.45) is 4.37. The Morgan fingerprint density at radius 3 is 2.67 bits per heavy atom. The summed E-state index contributed by atoms with van der Waals surface area (Å²) in [5.74, 6) is 0.242. The van der Waals surface area contributed by atoms with Gasteiger partial charge < -0.3 is 9.72 Å². The van der Waals surface area contributed by atoms with Gasteiger partial charge in [0.05, 0.1) is 18.0 Å². The highest BCUT2D eigenvalue weighted by molar-refractivity contribution is 7.20. The number of carbonyl (C=O) groups excluding carboxylic acids is 1. The number of piperazine rings is 1. The lowest BCUT2D eigenvalue weighted by Gasteiger charge is -2.37. The van der Waals surface area contributed by atoms with E-state index in [0.717, 1.165) is 32.7 Å². The number of aromatic nitrogens is 2. The van der Waals surface area contributed by atoms with Crippen molar-refractivity contribution in [1.29, 1.82) is 0 Å². The third-order valence-electron chi connectivity index (χ3n) is 6.10. The van der Waals surface area contributed by atoms with Gasteiger partial charge in [-0.25, -0.2) is 9.78 Å². The maximum Gasteiger partial charge on any atom is 0.348 e. The third-order valence-corrected chi connectivity index (χ3v) is 7.27. The van der Waals surface area contributed by atoms with E-state index in [1.165, 1.54) is 16.9 Å². The van der Waals surface area contributed by atoms with E-state index in [2.05, 4.69) is 46.0 Å². The molecule has 1 aromatic carbocycles. The number of thiophene rings is 1. The highest BCUT2D eigenvalue weighted by Gasteiger charge is 2.25. The number of carbonyl (C=O) groups is 1. The van der Waals surface area contributed by atoms with Crippen molar-refractivity contribution in [2.75, 3.05) is 39.3 Å². The second-order valence-electron chi connectivity index (χ2n) is 8.23. The molecule has 1 unspecified atom stereocenters. The van der Waals surface area contributed by atoms with Crippen molar-refractivity contribution in [1.82, 2.24) is 19.8 Å². The van der Waals surface area contributed by atoms with Gasteiger partial charge in [-0.15, -0.1) is 11.3 Å². The van der Waals surface area contributed by atoms with Gasteiger partial charge in [-0.05, 0) is 31.9 Å². The monoisotopic (exact) mass is 466 g/mol. The van der Waals surface area contributed by atoms with Crippen LogP contribution in [0.4, 0.5) is 0 Å². The summed E-state index contributed by atoms with van der Waals surface area (Å²) in [6.45, 7) is 10.6. The molecule has 1 saturated heterocycles. The number of ether oxygens (including phenoxy) is 1. The SMILES string of the molecule is CCOC(=O)c1sc2nc(C(C)N3CCN(C/C=C/c4ccccc4)CC3)[nH]c(=O)c2c1C. The highest BCUT2D eigenvalue weighted by Crippen LogP contribution is 2.29. The summed E-state index contributed by atoms with van der Waals surface area (Å²) in [6, 6.07) is 10.3. The Morgan fingerprint density at radius 1 is 1.24 bits per heavy atom. The topological polar surface area (TPSA) is 78.5 Å². The Balaban J connectivity index is 1.41. The van der Waals surface area contributed by atoms with Crippen LogP contribution in [0.15, 0.2) is 41.2 Å². The summed E-state index contributed by atoms with van der Waals surface area (Å²) in [5.41, 5.74) is 1.65. The molecule has 3 heterocycles. The van der Waals surface area contributed by atoms with Crippen molar-refractivity contribution < 1.29 is 9.53 Å². The molecular formula is C25H30N4O3S. The lowest BCUT2D eigenvalue weighted by molar-refractivity contribution is 0.0531. The van der Waals surface area contributed by atoms with Crippen LogP contribution in [0.1, 0.15) is 46.5 Å². The molecule has 1 aliphatic rings. The van der Waals surface area contributed by atoms with E-state index in [0.29, 0.717) is 33.1 Å². The summed E-state index contributed by atoms with van der Waals surface area (Å²) in [4.78, 5) is 38.5. The predicted molar refractivity (Wildman–Crippen MR) is 133 cm³/mol. The van der Waals surface area contributed by atoms with E-state index in [-0.39, 0.29) is 11.6 Å². The third kappa shape index (κ3) is 5.24. The molecule has 0 radical (unpaired) electrons. The van der Waals surface area contributed by atoms with Gasteiger partial charge in [0, 0.05) is 32.7 Å². The Morgan fingerprint density at radius 2 is 1.97 bits per heavy atom. The standard InChI is InChI=1S/C25H30N4O3S/c1-4-32-25(31)21-17(2)20-23(30)26-22(27-24(20)33-21)18(3)29-15-13-28(14-16-29)12-8-11-19-9-6-5-7-10-19/h5-11,18H,4,12-16H2,1-3H3,(H,26,27,30)/b11-8+. The van der Waals surface area contributed by atoms with E-state index in [9.17, 15) is 9.59 Å². The number of fused-ring (bicyclic) bond motifs is 1. The average Bonchev–Trinajstić information content (AvgIpc) is 3.17. The van der Waals surface area contributed by atoms with Gasteiger partial charge in [0.15, 0.2) is 0 Å². The van der Waals surface area contributed by atoms with Gasteiger partial charge in [-0.3, -0.25) is 14.6 Å². The Bertz CT molecular complexity index is 1190. The number of aromatic amines is 1. The zero-order chi connectivity index (χ0) is 23.4. The number of hydrogen-bond donors (Lipinski definition) is 1. The second kappa shape index (κ2) is 10.4. The minimum absolute atomic E-state index is 0.0161. The minimum Gasteiger partial charge on any atom is -0.462 e. The molecular weight excluding hydrogens is 436 g/mol. The molecule has 8 heteroatoms. The van der Waals surface area contributed by atoms with Crippen LogP contribution in [0.2, 0.25) is 0 Å². The molecule has 7 nitrogen and oxygen atoms in total. The first kappa shape index (κ1) is 23.4. The summed E-state index contributed by atoms with van der Waals surface area (Å²) >= 11 is 1.23. The van der Waals surface area contributed by atoms with Gasteiger partial charge in [-0.2, -0.15) is 0 Å². The van der Waals surface area contributed by atoms with Crippen LogP contribution in [0, 0.1) is 6.92 Å². The van der Waals surface area contributed by atoms with Crippen molar-refractivity contribution in [3.63, 3.8) is 0 Å². The molecule has 1 fully saturated rings. The molecule has 3 aromatic rings. The molecule has 0 spiro atoms. The molecule has 1 aliphatic heterocycles. The number of aryl methyl sites for hydroxylation is 1. The quantitative estimate of drug-likeness (QED) is 0.533. The summed E-state index contributed by atoms with van der Waals surface area (Å²) < 4.78 is 5.13. The van der Waals surface area contributed by atoms with Crippen LogP contribution < -0.4 is 5.56 Å². The van der Waals surface area contributed by atoms with Gasteiger partial charge in [0.1, 0.15) is 15.5 Å². The molecule has 33 heavy (non-hydrogen) atoms. The number of nitrogens with one attached hydrogen (secondary N) is 1. The van der Waals surface area contributed by atoms with E-state index < -0.39 is 5.97 Å². The van der Waals surface area contributed by atoms with Crippen molar-refractivity contribution in [3.8, 4) is 0 Å². The van der Waals surface area contributed by atoms with Crippen LogP contribution in [0.5, 0.6) is 0 Å². The van der Waals surface area contributed by atoms with Crippen LogP contribution in [-0.2, 0) is 4.74 Å². The smallest absolute Gasteiger partial charge is 0.348 e. The Labute approximate surface area is 197 Å². The molecule has 0 aliphatic carbocycles. The van der Waals surface area contributed by atoms with Gasteiger partial charge >= 0.3 is 5.97 Å². The Hall–Kier alpha value is -2.81. The second-order valence-corrected chi connectivity index (χ2v) is 9.23. The molecule has 1 atom stereocenters. The normalized spacial score (nSPS) is 16.5. The number of benzene rings is 1. The lowest BCUT2D eigenvalue weighted by Crippen LogP contribution is -2.47. The van der Waals surface area contributed by atoms with Gasteiger partial charge in [0.25, 0.3) is 5.56 Å². The van der Waals surface area contributed by atoms with E-state index in [1.54, 1.807) is 13.8 Å². The fourth-order valence-electron chi connectivity index (χ4n) is 4.16. The lowest BCUT2D eigenvalue weighted by atomic mass is 10.2. The van der Waals surface area contributed by atoms with E-state index >= 15 is 0 Å². The van der Waals surface area contributed by atoms with Crippen molar-refractivity contribution in [2.24, 2.45) is 0 Å². The predicted octanol–water partition coefficient (Wildman–Crippen LogP) is 3.86. The average molecular weight is 467 g/mol. The molecule has 0 bridgehead atoms. The number of esters is 1. The summed E-state index contributed by atoms with van der Waals surface area (Å²) in [5, 5.41) is 0.481. The van der Waals surface area contributed by atoms with Crippen LogP contribution in [0.25, 0.3) is 16.3 Å². The molecule has 0 saturated carbocycles. The maximum atomic E-state index is 12.8. The van der Waals surface area contributed by atoms with Gasteiger partial charge in [-0.1, -0.05) is 42.5 Å². The largest absolute Gasteiger partial charge is 0.462 e. The number of nitrogens with zero attached hydrogens (tertiary/aromatic N) is 3. The first-order chi connectivity index (χ1) is 16.0. The zero-order valence-electron chi connectivity index (χ0n) is 19.3. The molecule has 174 valence electrons. The molecule has 0 amide bonds. The minimum atomic E-state index is -0.399. The van der Waals surface area contributed by atoms with Crippen LogP contribution in [0.3, 0.4) is 0 Å². The van der Waals surface area contributed by atoms with Crippen LogP contribution >= 0.6 is 11.3 Å². The molecule has 1 N–H and O–H groups in total. The van der Waals surface area contributed by atoms with E-state index in [1.807, 2.05) is 18.2 Å². The highest BCUT2D eigenvalue weighted by atomic mass is 32.1.